The third kappa shape index (κ3) is 3.83. The van der Waals surface area contributed by atoms with Crippen LogP contribution in [0.15, 0.2) is 30.3 Å². The van der Waals surface area contributed by atoms with Crippen molar-refractivity contribution in [2.75, 3.05) is 13.1 Å². The van der Waals surface area contributed by atoms with Crippen LogP contribution in [0.5, 0.6) is 0 Å². The normalized spacial score (nSPS) is 21.6. The van der Waals surface area contributed by atoms with Crippen molar-refractivity contribution in [2.24, 2.45) is 0 Å². The molecule has 2 unspecified atom stereocenters. The minimum Gasteiger partial charge on any atom is -0.313 e. The molecule has 17 heavy (non-hydrogen) atoms. The summed E-state index contributed by atoms with van der Waals surface area (Å²) in [6.07, 6.45) is 5.10. The molecule has 1 heterocycles. The Labute approximate surface area is 105 Å². The van der Waals surface area contributed by atoms with E-state index in [1.165, 1.54) is 37.8 Å². The molecule has 0 radical (unpaired) electrons. The van der Waals surface area contributed by atoms with Gasteiger partial charge >= 0.3 is 0 Å². The van der Waals surface area contributed by atoms with Gasteiger partial charge in [0.15, 0.2) is 0 Å². The monoisotopic (exact) mass is 232 g/mol. The van der Waals surface area contributed by atoms with Crippen LogP contribution in [0.4, 0.5) is 0 Å². The maximum absolute atomic E-state index is 3.72. The summed E-state index contributed by atoms with van der Waals surface area (Å²) in [5, 5.41) is 7.26. The van der Waals surface area contributed by atoms with Crippen LogP contribution in [-0.4, -0.2) is 19.1 Å². The SMILES string of the molecule is CCCC(NCC1CCCN1)c1ccccc1. The molecule has 2 N–H and O–H groups in total. The highest BCUT2D eigenvalue weighted by Crippen LogP contribution is 2.18. The van der Waals surface area contributed by atoms with E-state index >= 15 is 0 Å². The van der Waals surface area contributed by atoms with E-state index in [-0.39, 0.29) is 0 Å². The van der Waals surface area contributed by atoms with E-state index < -0.39 is 0 Å². The maximum Gasteiger partial charge on any atom is 0.0320 e. The second-order valence-corrected chi connectivity index (χ2v) is 4.95. The number of hydrogen-bond donors (Lipinski definition) is 2. The highest BCUT2D eigenvalue weighted by atomic mass is 15.0. The number of benzene rings is 1. The molecule has 1 saturated heterocycles. The van der Waals surface area contributed by atoms with Crippen LogP contribution in [0, 0.1) is 0 Å². The lowest BCUT2D eigenvalue weighted by molar-refractivity contribution is 0.448. The van der Waals surface area contributed by atoms with Gasteiger partial charge in [-0.3, -0.25) is 0 Å². The first-order valence-corrected chi connectivity index (χ1v) is 6.92. The molecule has 0 bridgehead atoms. The van der Waals surface area contributed by atoms with Crippen molar-refractivity contribution in [3.8, 4) is 0 Å². The summed E-state index contributed by atoms with van der Waals surface area (Å²) in [4.78, 5) is 0. The van der Waals surface area contributed by atoms with Crippen LogP contribution in [0.1, 0.15) is 44.2 Å². The van der Waals surface area contributed by atoms with E-state index in [1.54, 1.807) is 0 Å². The molecule has 2 heteroatoms. The lowest BCUT2D eigenvalue weighted by Crippen LogP contribution is -2.35. The molecule has 1 aromatic carbocycles. The van der Waals surface area contributed by atoms with Crippen LogP contribution in [0.2, 0.25) is 0 Å². The third-order valence-corrected chi connectivity index (χ3v) is 3.55. The van der Waals surface area contributed by atoms with Gasteiger partial charge in [0, 0.05) is 18.6 Å². The predicted octanol–water partition coefficient (Wildman–Crippen LogP) is 2.87. The summed E-state index contributed by atoms with van der Waals surface area (Å²) in [6, 6.07) is 12.0. The van der Waals surface area contributed by atoms with Gasteiger partial charge in [-0.05, 0) is 31.4 Å². The lowest BCUT2D eigenvalue weighted by Gasteiger charge is -2.21. The number of hydrogen-bond acceptors (Lipinski definition) is 2. The minimum absolute atomic E-state index is 0.517. The Balaban J connectivity index is 1.88. The number of nitrogens with one attached hydrogen (secondary N) is 2. The predicted molar refractivity (Wildman–Crippen MR) is 73.1 cm³/mol. The topological polar surface area (TPSA) is 24.1 Å². The smallest absolute Gasteiger partial charge is 0.0320 e. The fourth-order valence-corrected chi connectivity index (χ4v) is 2.58. The summed E-state index contributed by atoms with van der Waals surface area (Å²) in [5.41, 5.74) is 1.42. The minimum atomic E-state index is 0.517. The van der Waals surface area contributed by atoms with Crippen molar-refractivity contribution in [3.05, 3.63) is 35.9 Å². The molecule has 1 aliphatic rings. The molecule has 1 aliphatic heterocycles. The molecule has 0 saturated carbocycles. The van der Waals surface area contributed by atoms with Crippen molar-refractivity contribution >= 4 is 0 Å². The van der Waals surface area contributed by atoms with Crippen LogP contribution in [0.25, 0.3) is 0 Å². The average molecular weight is 232 g/mol. The third-order valence-electron chi connectivity index (χ3n) is 3.55. The van der Waals surface area contributed by atoms with Gasteiger partial charge in [0.2, 0.25) is 0 Å². The first kappa shape index (κ1) is 12.6. The lowest BCUT2D eigenvalue weighted by atomic mass is 10.0. The highest BCUT2D eigenvalue weighted by Gasteiger charge is 2.16. The molecule has 1 fully saturated rings. The zero-order valence-electron chi connectivity index (χ0n) is 10.8. The zero-order valence-corrected chi connectivity index (χ0v) is 10.8. The van der Waals surface area contributed by atoms with Crippen molar-refractivity contribution in [2.45, 2.75) is 44.7 Å². The average Bonchev–Trinajstić information content (AvgIpc) is 2.88. The molecular formula is C15H24N2. The molecule has 0 spiro atoms. The molecule has 2 rings (SSSR count). The Bertz CT molecular complexity index is 304. The van der Waals surface area contributed by atoms with Crippen molar-refractivity contribution in [1.82, 2.24) is 10.6 Å². The Hall–Kier alpha value is -0.860. The molecule has 94 valence electrons. The summed E-state index contributed by atoms with van der Waals surface area (Å²) in [7, 11) is 0. The summed E-state index contributed by atoms with van der Waals surface area (Å²) in [5.74, 6) is 0. The van der Waals surface area contributed by atoms with Crippen molar-refractivity contribution < 1.29 is 0 Å². The van der Waals surface area contributed by atoms with Gasteiger partial charge in [0.1, 0.15) is 0 Å². The van der Waals surface area contributed by atoms with E-state index in [1.807, 2.05) is 0 Å². The Morgan fingerprint density at radius 3 is 2.82 bits per heavy atom. The second kappa shape index (κ2) is 6.77. The van der Waals surface area contributed by atoms with E-state index in [4.69, 9.17) is 0 Å². The van der Waals surface area contributed by atoms with Crippen LogP contribution in [-0.2, 0) is 0 Å². The van der Waals surface area contributed by atoms with E-state index in [0.29, 0.717) is 12.1 Å². The van der Waals surface area contributed by atoms with Gasteiger partial charge in [-0.1, -0.05) is 43.7 Å². The Morgan fingerprint density at radius 1 is 1.35 bits per heavy atom. The van der Waals surface area contributed by atoms with Crippen LogP contribution >= 0.6 is 0 Å². The van der Waals surface area contributed by atoms with Crippen LogP contribution < -0.4 is 10.6 Å². The quantitative estimate of drug-likeness (QED) is 0.788. The van der Waals surface area contributed by atoms with E-state index in [0.717, 1.165) is 6.54 Å². The van der Waals surface area contributed by atoms with Gasteiger partial charge in [0.25, 0.3) is 0 Å². The molecule has 2 atom stereocenters. The van der Waals surface area contributed by atoms with Crippen molar-refractivity contribution in [1.29, 1.82) is 0 Å². The highest BCUT2D eigenvalue weighted by molar-refractivity contribution is 5.18. The Morgan fingerprint density at radius 2 is 2.18 bits per heavy atom. The van der Waals surface area contributed by atoms with Gasteiger partial charge in [-0.2, -0.15) is 0 Å². The molecule has 0 aromatic heterocycles. The van der Waals surface area contributed by atoms with Crippen LogP contribution in [0.3, 0.4) is 0 Å². The van der Waals surface area contributed by atoms with Gasteiger partial charge < -0.3 is 10.6 Å². The fraction of sp³-hybridized carbons (Fsp3) is 0.600. The summed E-state index contributed by atoms with van der Waals surface area (Å²) < 4.78 is 0. The van der Waals surface area contributed by atoms with Crippen molar-refractivity contribution in [3.63, 3.8) is 0 Å². The van der Waals surface area contributed by atoms with E-state index in [2.05, 4.69) is 47.9 Å². The summed E-state index contributed by atoms with van der Waals surface area (Å²) >= 11 is 0. The standard InChI is InChI=1S/C15H24N2/c1-2-7-15(13-8-4-3-5-9-13)17-12-14-10-6-11-16-14/h3-5,8-9,14-17H,2,6-7,10-12H2,1H3. The fourth-order valence-electron chi connectivity index (χ4n) is 2.58. The first-order chi connectivity index (χ1) is 8.40. The molecular weight excluding hydrogens is 208 g/mol. The second-order valence-electron chi connectivity index (χ2n) is 4.95. The largest absolute Gasteiger partial charge is 0.313 e. The maximum atomic E-state index is 3.72. The summed E-state index contributed by atoms with van der Waals surface area (Å²) in [6.45, 7) is 4.54. The first-order valence-electron chi connectivity index (χ1n) is 6.92. The molecule has 0 aliphatic carbocycles. The van der Waals surface area contributed by atoms with Gasteiger partial charge in [-0.25, -0.2) is 0 Å². The molecule has 0 amide bonds. The van der Waals surface area contributed by atoms with Gasteiger partial charge in [0.05, 0.1) is 0 Å². The zero-order chi connectivity index (χ0) is 11.9. The molecule has 2 nitrogen and oxygen atoms in total. The number of rotatable bonds is 6. The molecule has 1 aromatic rings. The van der Waals surface area contributed by atoms with Gasteiger partial charge in [-0.15, -0.1) is 0 Å². The Kier molecular flexibility index (Phi) is 5.02. The van der Waals surface area contributed by atoms with E-state index in [9.17, 15) is 0 Å².